The predicted molar refractivity (Wildman–Crippen MR) is 133 cm³/mol. The van der Waals surface area contributed by atoms with Gasteiger partial charge in [0.15, 0.2) is 0 Å². The normalized spacial score (nSPS) is 11.5. The molecule has 0 aliphatic rings. The lowest BCUT2D eigenvalue weighted by Crippen LogP contribution is -1.97. The van der Waals surface area contributed by atoms with E-state index in [1.165, 1.54) is 27.8 Å². The Kier molecular flexibility index (Phi) is 8.72. The van der Waals surface area contributed by atoms with Gasteiger partial charge in [0.25, 0.3) is 0 Å². The first-order valence-corrected chi connectivity index (χ1v) is 11.4. The second-order valence-electron chi connectivity index (χ2n) is 8.22. The molecule has 0 unspecified atom stereocenters. The van der Waals surface area contributed by atoms with Gasteiger partial charge in [-0.3, -0.25) is 0 Å². The minimum atomic E-state index is 0.414. The molecule has 0 bridgehead atoms. The molecule has 0 heterocycles. The minimum absolute atomic E-state index is 0.414. The van der Waals surface area contributed by atoms with Gasteiger partial charge in [0, 0.05) is 0 Å². The van der Waals surface area contributed by atoms with Crippen LogP contribution in [0.4, 0.5) is 0 Å². The summed E-state index contributed by atoms with van der Waals surface area (Å²) in [7, 11) is 0. The number of aromatic hydroxyl groups is 1. The van der Waals surface area contributed by atoms with Gasteiger partial charge >= 0.3 is 0 Å². The number of rotatable bonds is 10. The zero-order valence-corrected chi connectivity index (χ0v) is 18.9. The van der Waals surface area contributed by atoms with E-state index in [0.717, 1.165) is 44.1 Å². The molecule has 0 radical (unpaired) electrons. The molecule has 1 nitrogen and oxygen atoms in total. The summed E-state index contributed by atoms with van der Waals surface area (Å²) in [6, 6.07) is 23.7. The second kappa shape index (κ2) is 12.0. The van der Waals surface area contributed by atoms with Gasteiger partial charge < -0.3 is 5.11 Å². The van der Waals surface area contributed by atoms with E-state index in [2.05, 4.69) is 78.9 Å². The Bertz CT molecular complexity index is 995. The molecule has 3 aromatic carbocycles. The van der Waals surface area contributed by atoms with E-state index in [0.29, 0.717) is 5.75 Å². The molecule has 3 rings (SSSR count). The summed E-state index contributed by atoms with van der Waals surface area (Å²) in [6.45, 7) is 4.05. The zero-order chi connectivity index (χ0) is 21.9. The number of aryl methyl sites for hydroxylation is 3. The molecule has 1 N–H and O–H groups in total. The molecule has 0 saturated carbocycles. The largest absolute Gasteiger partial charge is 0.508 e. The van der Waals surface area contributed by atoms with Crippen LogP contribution in [0.15, 0.2) is 91.0 Å². The molecule has 0 aromatic heterocycles. The Balaban J connectivity index is 1.60. The topological polar surface area (TPSA) is 20.2 Å². The van der Waals surface area contributed by atoms with E-state index in [4.69, 9.17) is 0 Å². The van der Waals surface area contributed by atoms with E-state index in [9.17, 15) is 5.11 Å². The van der Waals surface area contributed by atoms with Crippen molar-refractivity contribution in [1.82, 2.24) is 0 Å². The molecule has 1 heteroatoms. The first-order valence-electron chi connectivity index (χ1n) is 11.4. The van der Waals surface area contributed by atoms with Crippen molar-refractivity contribution in [2.45, 2.75) is 52.4 Å². The summed E-state index contributed by atoms with van der Waals surface area (Å²) >= 11 is 0. The lowest BCUT2D eigenvalue weighted by molar-refractivity contribution is 0.469. The molecule has 0 spiro atoms. The third-order valence-corrected chi connectivity index (χ3v) is 5.78. The third kappa shape index (κ3) is 7.29. The Morgan fingerprint density at radius 3 is 2.16 bits per heavy atom. The highest BCUT2D eigenvalue weighted by molar-refractivity contribution is 5.44. The van der Waals surface area contributed by atoms with Crippen LogP contribution < -0.4 is 0 Å². The summed E-state index contributed by atoms with van der Waals surface area (Å²) in [4.78, 5) is 0. The van der Waals surface area contributed by atoms with Crippen molar-refractivity contribution >= 4 is 0 Å². The predicted octanol–water partition coefficient (Wildman–Crippen LogP) is 7.53. The van der Waals surface area contributed by atoms with Crippen molar-refractivity contribution < 1.29 is 5.11 Å². The highest BCUT2D eigenvalue weighted by Gasteiger charge is 2.08. The number of phenolic OH excluding ortho intramolecular Hbond substituents is 1. The molecular weight excluding hydrogens is 376 g/mol. The van der Waals surface area contributed by atoms with Gasteiger partial charge in [0.2, 0.25) is 0 Å². The average molecular weight is 411 g/mol. The quantitative estimate of drug-likeness (QED) is 0.342. The smallest absolute Gasteiger partial charge is 0.119 e. The Hall–Kier alpha value is -3.06. The lowest BCUT2D eigenvalue weighted by atomic mass is 9.94. The van der Waals surface area contributed by atoms with E-state index in [1.54, 1.807) is 0 Å². The van der Waals surface area contributed by atoms with Crippen molar-refractivity contribution in [3.05, 3.63) is 124 Å². The summed E-state index contributed by atoms with van der Waals surface area (Å²) in [5, 5.41) is 10.5. The molecule has 0 aliphatic carbocycles. The summed E-state index contributed by atoms with van der Waals surface area (Å²) < 4.78 is 0. The maximum Gasteiger partial charge on any atom is 0.119 e. The molecule has 0 fully saturated rings. The maximum atomic E-state index is 10.5. The summed E-state index contributed by atoms with van der Waals surface area (Å²) in [5.41, 5.74) is 7.46. The van der Waals surface area contributed by atoms with Crippen molar-refractivity contribution in [2.24, 2.45) is 0 Å². The molecule has 160 valence electrons. The lowest BCUT2D eigenvalue weighted by Gasteiger charge is -2.12. The van der Waals surface area contributed by atoms with E-state index < -0.39 is 0 Å². The van der Waals surface area contributed by atoms with Crippen LogP contribution in [0.2, 0.25) is 0 Å². The molecule has 0 atom stereocenters. The van der Waals surface area contributed by atoms with Gasteiger partial charge in [-0.25, -0.2) is 0 Å². The highest BCUT2D eigenvalue weighted by atomic mass is 16.3. The fourth-order valence-electron chi connectivity index (χ4n) is 3.87. The van der Waals surface area contributed by atoms with Crippen LogP contribution in [0.1, 0.15) is 53.1 Å². The Morgan fingerprint density at radius 2 is 1.42 bits per heavy atom. The fourth-order valence-corrected chi connectivity index (χ4v) is 3.87. The van der Waals surface area contributed by atoms with Gasteiger partial charge in [-0.1, -0.05) is 85.0 Å². The number of hydrogen-bond donors (Lipinski definition) is 1. The average Bonchev–Trinajstić information content (AvgIpc) is 2.79. The van der Waals surface area contributed by atoms with Crippen LogP contribution in [0, 0.1) is 6.92 Å². The molecular formula is C30H34O. The molecule has 31 heavy (non-hydrogen) atoms. The van der Waals surface area contributed by atoms with Gasteiger partial charge in [-0.15, -0.1) is 0 Å². The van der Waals surface area contributed by atoms with Gasteiger partial charge in [-0.2, -0.15) is 0 Å². The van der Waals surface area contributed by atoms with Crippen molar-refractivity contribution in [3.63, 3.8) is 0 Å². The zero-order valence-electron chi connectivity index (χ0n) is 18.9. The third-order valence-electron chi connectivity index (χ3n) is 5.78. The highest BCUT2D eigenvalue weighted by Crippen LogP contribution is 2.26. The van der Waals surface area contributed by atoms with Crippen LogP contribution in [0.25, 0.3) is 0 Å². The van der Waals surface area contributed by atoms with E-state index >= 15 is 0 Å². The van der Waals surface area contributed by atoms with Gasteiger partial charge in [-0.05, 0) is 91.8 Å². The summed E-state index contributed by atoms with van der Waals surface area (Å²) in [6.07, 6.45) is 14.5. The number of phenols is 1. The Labute approximate surface area is 187 Å². The first kappa shape index (κ1) is 22.6. The van der Waals surface area contributed by atoms with Crippen LogP contribution in [-0.2, 0) is 25.7 Å². The number of hydrogen-bond acceptors (Lipinski definition) is 1. The van der Waals surface area contributed by atoms with Crippen molar-refractivity contribution in [2.75, 3.05) is 0 Å². The molecule has 0 saturated heterocycles. The Morgan fingerprint density at radius 1 is 0.742 bits per heavy atom. The van der Waals surface area contributed by atoms with Gasteiger partial charge in [0.05, 0.1) is 0 Å². The van der Waals surface area contributed by atoms with E-state index in [1.807, 2.05) is 26.0 Å². The first-order chi connectivity index (χ1) is 15.2. The maximum absolute atomic E-state index is 10.5. The van der Waals surface area contributed by atoms with Crippen molar-refractivity contribution in [1.29, 1.82) is 0 Å². The second-order valence-corrected chi connectivity index (χ2v) is 8.22. The molecule has 3 aromatic rings. The monoisotopic (exact) mass is 410 g/mol. The van der Waals surface area contributed by atoms with Crippen LogP contribution >= 0.6 is 0 Å². The van der Waals surface area contributed by atoms with E-state index in [-0.39, 0.29) is 0 Å². The fraction of sp³-hybridized carbons (Fsp3) is 0.267. The van der Waals surface area contributed by atoms with Crippen LogP contribution in [0.3, 0.4) is 0 Å². The number of allylic oxidation sites excluding steroid dienone is 4. The molecule has 0 aliphatic heterocycles. The summed E-state index contributed by atoms with van der Waals surface area (Å²) in [5.74, 6) is 0.414. The van der Waals surface area contributed by atoms with Crippen LogP contribution in [-0.4, -0.2) is 5.11 Å². The van der Waals surface area contributed by atoms with Gasteiger partial charge in [0.1, 0.15) is 5.75 Å². The van der Waals surface area contributed by atoms with Crippen molar-refractivity contribution in [3.8, 4) is 5.75 Å². The standard InChI is InChI=1S/C30H34O/c1-3-4-5-6-8-14-26-17-19-27(20-18-26)21-29-22-28(23-30(31)24(29)2)16-11-15-25-12-9-7-10-13-25/h3-7,9-10,12-13,17-20,22-23,31H,8,11,14-16,21H2,1-2H3/b4-3-,6-5-. The molecule has 0 amide bonds. The van der Waals surface area contributed by atoms with Crippen LogP contribution in [0.5, 0.6) is 5.75 Å². The SMILES string of the molecule is C/C=C\C=C/CCc1ccc(Cc2cc(CCCc3ccccc3)cc(O)c2C)cc1. The minimum Gasteiger partial charge on any atom is -0.508 e. The number of benzene rings is 3.